The van der Waals surface area contributed by atoms with Crippen LogP contribution in [0.1, 0.15) is 28.6 Å². The third kappa shape index (κ3) is 4.29. The zero-order valence-electron chi connectivity index (χ0n) is 13.8. The van der Waals surface area contributed by atoms with Crippen molar-refractivity contribution in [2.45, 2.75) is 19.8 Å². The van der Waals surface area contributed by atoms with Gasteiger partial charge < -0.3 is 9.73 Å². The van der Waals surface area contributed by atoms with E-state index in [0.717, 1.165) is 24.0 Å². The fourth-order valence-corrected chi connectivity index (χ4v) is 2.50. The van der Waals surface area contributed by atoms with Crippen LogP contribution < -0.4 is 5.32 Å². The summed E-state index contributed by atoms with van der Waals surface area (Å²) < 4.78 is 18.8. The zero-order valence-corrected chi connectivity index (χ0v) is 13.8. The first-order chi connectivity index (χ1) is 12.1. The molecule has 0 spiro atoms. The van der Waals surface area contributed by atoms with E-state index < -0.39 is 0 Å². The Hall–Kier alpha value is -3.02. The minimum Gasteiger partial charge on any atom is -0.417 e. The van der Waals surface area contributed by atoms with Crippen molar-refractivity contribution in [3.8, 4) is 11.1 Å². The summed E-state index contributed by atoms with van der Waals surface area (Å²) in [5, 5.41) is 10.0. The molecular weight excluding hydrogens is 321 g/mol. The number of rotatable bonds is 6. The predicted octanol–water partition coefficient (Wildman–Crippen LogP) is 3.55. The summed E-state index contributed by atoms with van der Waals surface area (Å²) in [6.45, 7) is 2.14. The van der Waals surface area contributed by atoms with E-state index in [2.05, 4.69) is 15.5 Å². The Balaban J connectivity index is 1.49. The maximum absolute atomic E-state index is 13.8. The second-order valence-corrected chi connectivity index (χ2v) is 5.66. The van der Waals surface area contributed by atoms with Crippen molar-refractivity contribution in [2.24, 2.45) is 0 Å². The molecular formula is C19H18FN3O2. The molecule has 1 N–H and O–H groups in total. The van der Waals surface area contributed by atoms with Gasteiger partial charge in [0.2, 0.25) is 5.89 Å². The fourth-order valence-electron chi connectivity index (χ4n) is 2.50. The lowest BCUT2D eigenvalue weighted by molar-refractivity contribution is 0.0917. The van der Waals surface area contributed by atoms with Gasteiger partial charge in [0.1, 0.15) is 5.82 Å². The quantitative estimate of drug-likeness (QED) is 0.698. The number of amides is 1. The maximum atomic E-state index is 13.8. The molecule has 25 heavy (non-hydrogen) atoms. The predicted molar refractivity (Wildman–Crippen MR) is 91.5 cm³/mol. The molecule has 6 heteroatoms. The van der Waals surface area contributed by atoms with Crippen LogP contribution in [0.3, 0.4) is 0 Å². The molecule has 5 nitrogen and oxygen atoms in total. The van der Waals surface area contributed by atoms with Gasteiger partial charge in [-0.2, -0.15) is 0 Å². The van der Waals surface area contributed by atoms with Crippen molar-refractivity contribution in [2.75, 3.05) is 6.54 Å². The summed E-state index contributed by atoms with van der Waals surface area (Å²) in [4.78, 5) is 11.8. The van der Waals surface area contributed by atoms with E-state index in [0.29, 0.717) is 18.0 Å². The lowest BCUT2D eigenvalue weighted by Gasteiger charge is -2.06. The Labute approximate surface area is 144 Å². The Kier molecular flexibility index (Phi) is 5.18. The first-order valence-corrected chi connectivity index (χ1v) is 8.05. The number of hydrogen-bond acceptors (Lipinski definition) is 4. The van der Waals surface area contributed by atoms with Crippen LogP contribution in [0.15, 0.2) is 52.9 Å². The van der Waals surface area contributed by atoms with Crippen LogP contribution in [-0.4, -0.2) is 22.6 Å². The van der Waals surface area contributed by atoms with Gasteiger partial charge in [-0.1, -0.05) is 42.5 Å². The van der Waals surface area contributed by atoms with Crippen LogP contribution in [0.4, 0.5) is 4.39 Å². The van der Waals surface area contributed by atoms with Crippen LogP contribution >= 0.6 is 0 Å². The van der Waals surface area contributed by atoms with E-state index in [1.807, 2.05) is 30.3 Å². The standard InChI is InChI=1S/C19H18FN3O2/c1-13-22-23-19(25-13)18(24)21-12-4-5-14-8-10-15(11-9-14)16-6-2-3-7-17(16)20/h2-3,6-11H,4-5,12H2,1H3,(H,21,24). The Morgan fingerprint density at radius 3 is 2.56 bits per heavy atom. The van der Waals surface area contributed by atoms with Gasteiger partial charge in [0.05, 0.1) is 0 Å². The molecule has 0 aliphatic rings. The molecule has 0 aliphatic carbocycles. The molecule has 0 aliphatic heterocycles. The fraction of sp³-hybridized carbons (Fsp3) is 0.211. The number of nitrogens with one attached hydrogen (secondary N) is 1. The molecule has 3 rings (SSSR count). The van der Waals surface area contributed by atoms with Crippen molar-refractivity contribution >= 4 is 5.91 Å². The number of aromatic nitrogens is 2. The number of benzene rings is 2. The number of hydrogen-bond donors (Lipinski definition) is 1. The van der Waals surface area contributed by atoms with Crippen molar-refractivity contribution in [1.29, 1.82) is 0 Å². The Bertz CT molecular complexity index is 859. The molecule has 3 aromatic rings. The monoisotopic (exact) mass is 339 g/mol. The highest BCUT2D eigenvalue weighted by atomic mass is 19.1. The lowest BCUT2D eigenvalue weighted by Crippen LogP contribution is -2.25. The van der Waals surface area contributed by atoms with E-state index in [4.69, 9.17) is 4.42 Å². The molecule has 128 valence electrons. The molecule has 0 saturated carbocycles. The van der Waals surface area contributed by atoms with E-state index in [1.54, 1.807) is 19.1 Å². The minimum atomic E-state index is -0.365. The van der Waals surface area contributed by atoms with Crippen LogP contribution in [-0.2, 0) is 6.42 Å². The number of carbonyl (C=O) groups is 1. The summed E-state index contributed by atoms with van der Waals surface area (Å²) in [6, 6.07) is 14.5. The van der Waals surface area contributed by atoms with Crippen molar-refractivity contribution in [3.63, 3.8) is 0 Å². The van der Waals surface area contributed by atoms with Gasteiger partial charge in [0, 0.05) is 19.0 Å². The molecule has 1 aromatic heterocycles. The van der Waals surface area contributed by atoms with Crippen molar-refractivity contribution in [3.05, 3.63) is 71.7 Å². The van der Waals surface area contributed by atoms with E-state index in [9.17, 15) is 9.18 Å². The highest BCUT2D eigenvalue weighted by molar-refractivity contribution is 5.89. The Morgan fingerprint density at radius 1 is 1.12 bits per heavy atom. The normalized spacial score (nSPS) is 10.6. The number of halogens is 1. The highest BCUT2D eigenvalue weighted by Gasteiger charge is 2.12. The molecule has 2 aromatic carbocycles. The van der Waals surface area contributed by atoms with Crippen molar-refractivity contribution < 1.29 is 13.6 Å². The van der Waals surface area contributed by atoms with E-state index >= 15 is 0 Å². The van der Waals surface area contributed by atoms with Gasteiger partial charge in [0.15, 0.2) is 0 Å². The average Bonchev–Trinajstić information content (AvgIpc) is 3.06. The number of aryl methyl sites for hydroxylation is 2. The average molecular weight is 339 g/mol. The van der Waals surface area contributed by atoms with Crippen LogP contribution in [0.25, 0.3) is 11.1 Å². The summed E-state index contributed by atoms with van der Waals surface area (Å²) in [5.74, 6) is -0.253. The third-order valence-corrected chi connectivity index (χ3v) is 3.79. The minimum absolute atomic E-state index is 0.0215. The first kappa shape index (κ1) is 16.8. The van der Waals surface area contributed by atoms with Gasteiger partial charge in [-0.3, -0.25) is 4.79 Å². The first-order valence-electron chi connectivity index (χ1n) is 8.05. The summed E-state index contributed by atoms with van der Waals surface area (Å²) >= 11 is 0. The van der Waals surface area contributed by atoms with Crippen LogP contribution in [0, 0.1) is 12.7 Å². The van der Waals surface area contributed by atoms with Crippen molar-refractivity contribution in [1.82, 2.24) is 15.5 Å². The molecule has 1 heterocycles. The van der Waals surface area contributed by atoms with Gasteiger partial charge >= 0.3 is 11.8 Å². The molecule has 0 unspecified atom stereocenters. The SMILES string of the molecule is Cc1nnc(C(=O)NCCCc2ccc(-c3ccccc3F)cc2)o1. The van der Waals surface area contributed by atoms with E-state index in [-0.39, 0.29) is 17.6 Å². The van der Waals surface area contributed by atoms with Crippen LogP contribution in [0.5, 0.6) is 0 Å². The highest BCUT2D eigenvalue weighted by Crippen LogP contribution is 2.22. The lowest BCUT2D eigenvalue weighted by atomic mass is 10.0. The molecule has 0 saturated heterocycles. The zero-order chi connectivity index (χ0) is 17.6. The molecule has 0 bridgehead atoms. The Morgan fingerprint density at radius 2 is 1.88 bits per heavy atom. The topological polar surface area (TPSA) is 68.0 Å². The molecule has 1 amide bonds. The van der Waals surface area contributed by atoms with Gasteiger partial charge in [-0.15, -0.1) is 10.2 Å². The largest absolute Gasteiger partial charge is 0.417 e. The molecule has 0 atom stereocenters. The second-order valence-electron chi connectivity index (χ2n) is 5.66. The molecule has 0 fully saturated rings. The van der Waals surface area contributed by atoms with Gasteiger partial charge in [-0.25, -0.2) is 4.39 Å². The van der Waals surface area contributed by atoms with Crippen LogP contribution in [0.2, 0.25) is 0 Å². The summed E-state index contributed by atoms with van der Waals surface area (Å²) in [5.41, 5.74) is 2.57. The maximum Gasteiger partial charge on any atom is 0.308 e. The number of carbonyl (C=O) groups excluding carboxylic acids is 1. The molecule has 0 radical (unpaired) electrons. The number of nitrogens with zero attached hydrogens (tertiary/aromatic N) is 2. The van der Waals surface area contributed by atoms with Gasteiger partial charge in [-0.05, 0) is 30.0 Å². The van der Waals surface area contributed by atoms with Gasteiger partial charge in [0.25, 0.3) is 0 Å². The smallest absolute Gasteiger partial charge is 0.308 e. The summed E-state index contributed by atoms with van der Waals surface area (Å²) in [7, 11) is 0. The second kappa shape index (κ2) is 7.70. The third-order valence-electron chi connectivity index (χ3n) is 3.79. The van der Waals surface area contributed by atoms with E-state index in [1.165, 1.54) is 6.07 Å². The summed E-state index contributed by atoms with van der Waals surface area (Å²) in [6.07, 6.45) is 1.58.